The van der Waals surface area contributed by atoms with E-state index in [0.717, 1.165) is 5.56 Å². The van der Waals surface area contributed by atoms with Gasteiger partial charge in [0.1, 0.15) is 11.8 Å². The summed E-state index contributed by atoms with van der Waals surface area (Å²) >= 11 is 0. The second-order valence-electron chi connectivity index (χ2n) is 5.45. The minimum absolute atomic E-state index is 0.165. The van der Waals surface area contributed by atoms with Crippen LogP contribution in [0, 0.1) is 11.3 Å². The van der Waals surface area contributed by atoms with E-state index in [-0.39, 0.29) is 12.5 Å². The van der Waals surface area contributed by atoms with E-state index in [4.69, 9.17) is 10.00 Å². The van der Waals surface area contributed by atoms with Crippen molar-refractivity contribution in [2.24, 2.45) is 0 Å². The second kappa shape index (κ2) is 8.70. The van der Waals surface area contributed by atoms with Crippen molar-refractivity contribution in [2.75, 3.05) is 6.61 Å². The van der Waals surface area contributed by atoms with Crippen molar-refractivity contribution < 1.29 is 14.6 Å². The number of hydrogen-bond acceptors (Lipinski definition) is 4. The predicted octanol–water partition coefficient (Wildman–Crippen LogP) is 2.05. The number of carbonyl (C=O) groups excluding carboxylic acids is 1. The van der Waals surface area contributed by atoms with Gasteiger partial charge in [0.05, 0.1) is 18.2 Å². The van der Waals surface area contributed by atoms with E-state index in [2.05, 4.69) is 5.32 Å². The fourth-order valence-corrected chi connectivity index (χ4v) is 2.28. The molecule has 0 saturated carbocycles. The van der Waals surface area contributed by atoms with Gasteiger partial charge in [-0.25, -0.2) is 0 Å². The highest BCUT2D eigenvalue weighted by Gasteiger charge is 2.20. The molecular weight excluding hydrogens is 304 g/mol. The zero-order chi connectivity index (χ0) is 17.4. The standard InChI is InChI=1S/C19H20N2O3/c1-14(24-18-10-6-5-9-16(18)12-20)19(23)21-17(13-22)11-15-7-3-2-4-8-15/h2-10,14,17,22H,11,13H2,1H3,(H,21,23). The molecule has 2 atom stereocenters. The molecule has 5 nitrogen and oxygen atoms in total. The number of para-hydroxylation sites is 1. The number of nitrogens with one attached hydrogen (secondary N) is 1. The summed E-state index contributed by atoms with van der Waals surface area (Å²) in [5.41, 5.74) is 1.40. The van der Waals surface area contributed by atoms with E-state index < -0.39 is 12.1 Å². The van der Waals surface area contributed by atoms with Gasteiger partial charge >= 0.3 is 0 Å². The number of nitrogens with zero attached hydrogens (tertiary/aromatic N) is 1. The molecule has 124 valence electrons. The van der Waals surface area contributed by atoms with Crippen LogP contribution in [0.2, 0.25) is 0 Å². The van der Waals surface area contributed by atoms with Gasteiger partial charge in [0.15, 0.2) is 6.10 Å². The smallest absolute Gasteiger partial charge is 0.261 e. The van der Waals surface area contributed by atoms with Crippen LogP contribution in [0.15, 0.2) is 54.6 Å². The van der Waals surface area contributed by atoms with Crippen LogP contribution in [-0.2, 0) is 11.2 Å². The van der Waals surface area contributed by atoms with Crippen molar-refractivity contribution in [3.8, 4) is 11.8 Å². The quantitative estimate of drug-likeness (QED) is 0.816. The van der Waals surface area contributed by atoms with Crippen LogP contribution in [0.5, 0.6) is 5.75 Å². The third-order valence-corrected chi connectivity index (χ3v) is 3.57. The van der Waals surface area contributed by atoms with Crippen molar-refractivity contribution >= 4 is 5.91 Å². The maximum absolute atomic E-state index is 12.3. The molecule has 2 rings (SSSR count). The van der Waals surface area contributed by atoms with Crippen LogP contribution in [0.25, 0.3) is 0 Å². The minimum atomic E-state index is -0.774. The normalized spacial score (nSPS) is 12.7. The summed E-state index contributed by atoms with van der Waals surface area (Å²) in [5.74, 6) is 0.0315. The largest absolute Gasteiger partial charge is 0.480 e. The Bertz CT molecular complexity index is 710. The maximum atomic E-state index is 12.3. The Morgan fingerprint density at radius 2 is 1.88 bits per heavy atom. The lowest BCUT2D eigenvalue weighted by atomic mass is 10.1. The highest BCUT2D eigenvalue weighted by molar-refractivity contribution is 5.81. The summed E-state index contributed by atoms with van der Waals surface area (Å²) < 4.78 is 5.58. The van der Waals surface area contributed by atoms with Gasteiger partial charge in [-0.1, -0.05) is 42.5 Å². The van der Waals surface area contributed by atoms with Crippen LogP contribution in [-0.4, -0.2) is 29.8 Å². The van der Waals surface area contributed by atoms with Crippen LogP contribution in [0.3, 0.4) is 0 Å². The SMILES string of the molecule is CC(Oc1ccccc1C#N)C(=O)NC(CO)Cc1ccccc1. The van der Waals surface area contributed by atoms with E-state index >= 15 is 0 Å². The summed E-state index contributed by atoms with van der Waals surface area (Å²) in [6.45, 7) is 1.45. The average molecular weight is 324 g/mol. The molecule has 0 saturated heterocycles. The van der Waals surface area contributed by atoms with Gasteiger partial charge in [-0.3, -0.25) is 4.79 Å². The lowest BCUT2D eigenvalue weighted by Gasteiger charge is -2.20. The number of rotatable bonds is 7. The van der Waals surface area contributed by atoms with Gasteiger partial charge in [-0.2, -0.15) is 5.26 Å². The molecule has 0 bridgehead atoms. The molecule has 2 aromatic carbocycles. The first-order valence-electron chi connectivity index (χ1n) is 7.75. The zero-order valence-corrected chi connectivity index (χ0v) is 13.5. The van der Waals surface area contributed by atoms with Crippen LogP contribution < -0.4 is 10.1 Å². The number of nitriles is 1. The van der Waals surface area contributed by atoms with E-state index in [9.17, 15) is 9.90 Å². The lowest BCUT2D eigenvalue weighted by Crippen LogP contribution is -2.45. The molecule has 1 amide bonds. The number of benzene rings is 2. The Morgan fingerprint density at radius 3 is 2.54 bits per heavy atom. The summed E-state index contributed by atoms with van der Waals surface area (Å²) in [6.07, 6.45) is -0.241. The third-order valence-electron chi connectivity index (χ3n) is 3.57. The lowest BCUT2D eigenvalue weighted by molar-refractivity contribution is -0.128. The molecule has 2 N–H and O–H groups in total. The predicted molar refractivity (Wildman–Crippen MR) is 90.4 cm³/mol. The van der Waals surface area contributed by atoms with Crippen molar-refractivity contribution in [3.63, 3.8) is 0 Å². The van der Waals surface area contributed by atoms with Crippen molar-refractivity contribution in [2.45, 2.75) is 25.5 Å². The van der Waals surface area contributed by atoms with Crippen LogP contribution in [0.4, 0.5) is 0 Å². The zero-order valence-electron chi connectivity index (χ0n) is 13.5. The molecular formula is C19H20N2O3. The van der Waals surface area contributed by atoms with E-state index in [1.165, 1.54) is 0 Å². The van der Waals surface area contributed by atoms with E-state index in [0.29, 0.717) is 17.7 Å². The first-order chi connectivity index (χ1) is 11.6. The molecule has 0 aromatic heterocycles. The molecule has 24 heavy (non-hydrogen) atoms. The number of hydrogen-bond donors (Lipinski definition) is 2. The first-order valence-corrected chi connectivity index (χ1v) is 7.75. The Morgan fingerprint density at radius 1 is 1.21 bits per heavy atom. The number of aliphatic hydroxyl groups is 1. The van der Waals surface area contributed by atoms with E-state index in [1.54, 1.807) is 31.2 Å². The molecule has 0 aliphatic heterocycles. The van der Waals surface area contributed by atoms with Gasteiger partial charge in [0, 0.05) is 0 Å². The molecule has 2 unspecified atom stereocenters. The Hall–Kier alpha value is -2.84. The number of carbonyl (C=O) groups is 1. The van der Waals surface area contributed by atoms with Gasteiger partial charge in [-0.05, 0) is 31.0 Å². The summed E-state index contributed by atoms with van der Waals surface area (Å²) in [5, 5.41) is 21.3. The Balaban J connectivity index is 1.96. The van der Waals surface area contributed by atoms with Gasteiger partial charge in [-0.15, -0.1) is 0 Å². The van der Waals surface area contributed by atoms with Crippen molar-refractivity contribution in [3.05, 3.63) is 65.7 Å². The number of ether oxygens (including phenoxy) is 1. The molecule has 0 aliphatic rings. The fourth-order valence-electron chi connectivity index (χ4n) is 2.28. The highest BCUT2D eigenvalue weighted by atomic mass is 16.5. The van der Waals surface area contributed by atoms with Gasteiger partial charge in [0.25, 0.3) is 5.91 Å². The minimum Gasteiger partial charge on any atom is -0.480 e. The maximum Gasteiger partial charge on any atom is 0.261 e. The summed E-state index contributed by atoms with van der Waals surface area (Å²) in [4.78, 5) is 12.3. The van der Waals surface area contributed by atoms with Crippen LogP contribution in [0.1, 0.15) is 18.1 Å². The molecule has 0 spiro atoms. The van der Waals surface area contributed by atoms with E-state index in [1.807, 2.05) is 36.4 Å². The number of amides is 1. The highest BCUT2D eigenvalue weighted by Crippen LogP contribution is 2.18. The Kier molecular flexibility index (Phi) is 6.35. The summed E-state index contributed by atoms with van der Waals surface area (Å²) in [6, 6.07) is 18.0. The third kappa shape index (κ3) is 4.83. The van der Waals surface area contributed by atoms with Crippen molar-refractivity contribution in [1.82, 2.24) is 5.32 Å². The second-order valence-corrected chi connectivity index (χ2v) is 5.45. The number of aliphatic hydroxyl groups excluding tert-OH is 1. The molecule has 0 radical (unpaired) electrons. The average Bonchev–Trinajstić information content (AvgIpc) is 2.62. The molecule has 0 heterocycles. The van der Waals surface area contributed by atoms with Gasteiger partial charge < -0.3 is 15.2 Å². The Labute approximate surface area is 141 Å². The molecule has 0 fully saturated rings. The molecule has 0 aliphatic carbocycles. The molecule has 2 aromatic rings. The molecule has 5 heteroatoms. The monoisotopic (exact) mass is 324 g/mol. The fraction of sp³-hybridized carbons (Fsp3) is 0.263. The van der Waals surface area contributed by atoms with Gasteiger partial charge in [0.2, 0.25) is 0 Å². The first kappa shape index (κ1) is 17.5. The summed E-state index contributed by atoms with van der Waals surface area (Å²) in [7, 11) is 0. The van der Waals surface area contributed by atoms with Crippen LogP contribution >= 0.6 is 0 Å². The van der Waals surface area contributed by atoms with Crippen molar-refractivity contribution in [1.29, 1.82) is 5.26 Å². The topological polar surface area (TPSA) is 82.3 Å².